The molecule has 1 aromatic heterocycles. The topological polar surface area (TPSA) is 109 Å². The van der Waals surface area contributed by atoms with E-state index >= 15 is 0 Å². The van der Waals surface area contributed by atoms with Crippen LogP contribution in [0.1, 0.15) is 13.3 Å². The molecule has 0 aliphatic heterocycles. The van der Waals surface area contributed by atoms with Gasteiger partial charge in [-0.1, -0.05) is 6.92 Å². The summed E-state index contributed by atoms with van der Waals surface area (Å²) >= 11 is 0.976. The maximum Gasteiger partial charge on any atom is 0.249 e. The van der Waals surface area contributed by atoms with Crippen LogP contribution in [0.15, 0.2) is 4.90 Å². The number of nitrogen functional groups attached to an aromatic ring is 1. The van der Waals surface area contributed by atoms with Crippen molar-refractivity contribution in [2.24, 2.45) is 0 Å². The first-order valence-electron chi connectivity index (χ1n) is 5.39. The van der Waals surface area contributed by atoms with Gasteiger partial charge in [0.2, 0.25) is 10.0 Å². The third-order valence-electron chi connectivity index (χ3n) is 2.46. The molecule has 0 aromatic carbocycles. The van der Waals surface area contributed by atoms with E-state index in [1.807, 2.05) is 6.92 Å². The molecule has 18 heavy (non-hydrogen) atoms. The average Bonchev–Trinajstić information content (AvgIpc) is 2.67. The summed E-state index contributed by atoms with van der Waals surface area (Å²) in [6, 6.07) is -0.221. The molecule has 0 amide bonds. The van der Waals surface area contributed by atoms with E-state index in [4.69, 9.17) is 10.8 Å². The number of hydrogen-bond donors (Lipinski definition) is 3. The summed E-state index contributed by atoms with van der Waals surface area (Å²) in [6.07, 6.45) is 0.662. The second-order valence-corrected chi connectivity index (χ2v) is 6.81. The third-order valence-corrected chi connectivity index (χ3v) is 5.27. The van der Waals surface area contributed by atoms with Crippen molar-refractivity contribution in [3.63, 3.8) is 0 Å². The highest BCUT2D eigenvalue weighted by Crippen LogP contribution is 2.33. The van der Waals surface area contributed by atoms with Gasteiger partial charge in [-0.15, -0.1) is 0 Å². The summed E-state index contributed by atoms with van der Waals surface area (Å²) in [4.78, 5) is -0.0237. The number of aliphatic hydroxyl groups is 1. The summed E-state index contributed by atoms with van der Waals surface area (Å²) in [6.45, 7) is 1.80. The van der Waals surface area contributed by atoms with E-state index in [-0.39, 0.29) is 23.4 Å². The van der Waals surface area contributed by atoms with Crippen LogP contribution in [0.25, 0.3) is 0 Å². The predicted octanol–water partition coefficient (Wildman–Crippen LogP) is 0.158. The monoisotopic (exact) mass is 294 g/mol. The largest absolute Gasteiger partial charge is 0.394 e. The molecule has 7 nitrogen and oxygen atoms in total. The van der Waals surface area contributed by atoms with Gasteiger partial charge in [-0.05, 0) is 18.0 Å². The minimum atomic E-state index is -3.64. The Morgan fingerprint density at radius 1 is 1.56 bits per heavy atom. The van der Waals surface area contributed by atoms with E-state index in [9.17, 15) is 8.42 Å². The van der Waals surface area contributed by atoms with Crippen LogP contribution in [0.5, 0.6) is 0 Å². The fraction of sp³-hybridized carbons (Fsp3) is 0.667. The summed E-state index contributed by atoms with van der Waals surface area (Å²) < 4.78 is 29.1. The Morgan fingerprint density at radius 3 is 2.61 bits per heavy atom. The van der Waals surface area contributed by atoms with E-state index < -0.39 is 10.0 Å². The first kappa shape index (κ1) is 15.2. The lowest BCUT2D eigenvalue weighted by Gasteiger charge is -2.16. The van der Waals surface area contributed by atoms with E-state index in [2.05, 4.69) is 9.69 Å². The Kier molecular flexibility index (Phi) is 4.91. The minimum Gasteiger partial charge on any atom is -0.394 e. The molecule has 0 aliphatic carbocycles. The molecule has 1 heterocycles. The smallest absolute Gasteiger partial charge is 0.249 e. The van der Waals surface area contributed by atoms with Gasteiger partial charge in [0.25, 0.3) is 0 Å². The summed E-state index contributed by atoms with van der Waals surface area (Å²) in [5.74, 6) is -0.0241. The Labute approximate surface area is 111 Å². The second-order valence-electron chi connectivity index (χ2n) is 3.95. The zero-order valence-electron chi connectivity index (χ0n) is 10.5. The molecule has 1 unspecified atom stereocenters. The molecule has 0 spiro atoms. The SMILES string of the molecule is CCC(CO)Nc1snc(N)c1S(=O)(=O)N(C)C. The van der Waals surface area contributed by atoms with Gasteiger partial charge in [0.1, 0.15) is 5.00 Å². The normalized spacial score (nSPS) is 13.8. The summed E-state index contributed by atoms with van der Waals surface area (Å²) in [5, 5.41) is 12.4. The Balaban J connectivity index is 3.18. The quantitative estimate of drug-likeness (QED) is 0.689. The van der Waals surface area contributed by atoms with Crippen LogP contribution in [-0.4, -0.2) is 48.9 Å². The Morgan fingerprint density at radius 2 is 2.17 bits per heavy atom. The molecule has 9 heteroatoms. The minimum absolute atomic E-state index is 0.0237. The third kappa shape index (κ3) is 2.91. The molecule has 1 aromatic rings. The fourth-order valence-electron chi connectivity index (χ4n) is 1.28. The lowest BCUT2D eigenvalue weighted by atomic mass is 10.2. The molecular formula is C9H18N4O3S2. The van der Waals surface area contributed by atoms with E-state index in [0.717, 1.165) is 15.8 Å². The number of anilines is 2. The highest BCUT2D eigenvalue weighted by molar-refractivity contribution is 7.89. The van der Waals surface area contributed by atoms with Crippen LogP contribution in [0, 0.1) is 0 Å². The van der Waals surface area contributed by atoms with E-state index in [1.165, 1.54) is 14.1 Å². The standard InChI is InChI=1S/C9H18N4O3S2/c1-4-6(5-14)11-9-7(8(10)12-17-9)18(15,16)13(2)3/h6,11,14H,4-5H2,1-3H3,(H2,10,12). The van der Waals surface area contributed by atoms with Gasteiger partial charge < -0.3 is 16.2 Å². The second kappa shape index (κ2) is 5.83. The number of nitrogens with two attached hydrogens (primary N) is 1. The zero-order valence-corrected chi connectivity index (χ0v) is 12.2. The van der Waals surface area contributed by atoms with E-state index in [0.29, 0.717) is 11.4 Å². The van der Waals surface area contributed by atoms with Crippen molar-refractivity contribution >= 4 is 32.4 Å². The van der Waals surface area contributed by atoms with Crippen LogP contribution >= 0.6 is 11.5 Å². The first-order chi connectivity index (χ1) is 8.34. The highest BCUT2D eigenvalue weighted by atomic mass is 32.2. The van der Waals surface area contributed by atoms with E-state index in [1.54, 1.807) is 0 Å². The molecule has 0 bridgehead atoms. The van der Waals surface area contributed by atoms with Crippen LogP contribution < -0.4 is 11.1 Å². The van der Waals surface area contributed by atoms with Crippen molar-refractivity contribution in [3.8, 4) is 0 Å². The van der Waals surface area contributed by atoms with Crippen molar-refractivity contribution in [2.45, 2.75) is 24.3 Å². The molecule has 0 saturated heterocycles. The van der Waals surface area contributed by atoms with Crippen LogP contribution in [0.2, 0.25) is 0 Å². The number of nitrogens with zero attached hydrogens (tertiary/aromatic N) is 2. The van der Waals surface area contributed by atoms with Gasteiger partial charge >= 0.3 is 0 Å². The van der Waals surface area contributed by atoms with Crippen molar-refractivity contribution in [3.05, 3.63) is 0 Å². The number of aromatic nitrogens is 1. The number of sulfonamides is 1. The fourth-order valence-corrected chi connectivity index (χ4v) is 3.42. The molecule has 0 saturated carbocycles. The summed E-state index contributed by atoms with van der Waals surface area (Å²) in [7, 11) is -0.785. The number of hydrogen-bond acceptors (Lipinski definition) is 7. The molecular weight excluding hydrogens is 276 g/mol. The van der Waals surface area contributed by atoms with Crippen molar-refractivity contribution in [2.75, 3.05) is 31.8 Å². The van der Waals surface area contributed by atoms with Gasteiger partial charge in [-0.3, -0.25) is 0 Å². The Bertz CT molecular complexity index is 494. The molecule has 0 fully saturated rings. The summed E-state index contributed by atoms with van der Waals surface area (Å²) in [5.41, 5.74) is 5.61. The van der Waals surface area contributed by atoms with Gasteiger partial charge in [0.05, 0.1) is 6.61 Å². The Hall–Kier alpha value is -0.900. The van der Waals surface area contributed by atoms with Crippen LogP contribution in [0.4, 0.5) is 10.8 Å². The van der Waals surface area contributed by atoms with Gasteiger partial charge in [-0.25, -0.2) is 12.7 Å². The molecule has 104 valence electrons. The predicted molar refractivity (Wildman–Crippen MR) is 72.2 cm³/mol. The molecule has 1 atom stereocenters. The molecule has 4 N–H and O–H groups in total. The molecule has 0 aliphatic rings. The van der Waals surface area contributed by atoms with Gasteiger partial charge in [0, 0.05) is 20.1 Å². The zero-order chi connectivity index (χ0) is 13.9. The van der Waals surface area contributed by atoms with Crippen molar-refractivity contribution in [1.29, 1.82) is 0 Å². The molecule has 1 rings (SSSR count). The van der Waals surface area contributed by atoms with Gasteiger partial charge in [-0.2, -0.15) is 4.37 Å². The number of nitrogens with one attached hydrogen (secondary N) is 1. The van der Waals surface area contributed by atoms with Crippen molar-refractivity contribution in [1.82, 2.24) is 8.68 Å². The first-order valence-corrected chi connectivity index (χ1v) is 7.61. The highest BCUT2D eigenvalue weighted by Gasteiger charge is 2.28. The maximum absolute atomic E-state index is 12.1. The molecule has 0 radical (unpaired) electrons. The number of aliphatic hydroxyl groups excluding tert-OH is 1. The van der Waals surface area contributed by atoms with Crippen LogP contribution in [0.3, 0.4) is 0 Å². The lowest BCUT2D eigenvalue weighted by Crippen LogP contribution is -2.26. The van der Waals surface area contributed by atoms with Crippen LogP contribution in [-0.2, 0) is 10.0 Å². The number of rotatable bonds is 6. The lowest BCUT2D eigenvalue weighted by molar-refractivity contribution is 0.272. The maximum atomic E-state index is 12.1. The van der Waals surface area contributed by atoms with Gasteiger partial charge in [0.15, 0.2) is 10.7 Å². The van der Waals surface area contributed by atoms with Crippen molar-refractivity contribution < 1.29 is 13.5 Å². The average molecular weight is 294 g/mol.